The Morgan fingerprint density at radius 3 is 2.71 bits per heavy atom. The van der Waals surface area contributed by atoms with Crippen molar-refractivity contribution < 1.29 is 14.3 Å². The molecule has 216 valence electrons. The lowest BCUT2D eigenvalue weighted by molar-refractivity contribution is -0.118. The molecule has 1 amide bonds. The van der Waals surface area contributed by atoms with E-state index >= 15 is 0 Å². The quantitative estimate of drug-likeness (QED) is 0.364. The standard InChI is InChI=1S/C32H32N4O6/c33-27(38)13-23(24-11-20-5-1-4-19-6-3-9-35(29(19)20)32(24)41)31-30(40)26(37)12-22(42-31)17-34-14-18-10-21(16-34)25-7-2-8-28(39)36(25)15-18/h1-2,4-5,7-8,11-12,18,21,23,40H,3,6,9-10,13-17H2,(H2,33,38)/t18-,21+,23?/m1/s1. The molecule has 2 bridgehead atoms. The van der Waals surface area contributed by atoms with E-state index in [1.165, 1.54) is 6.07 Å². The zero-order chi connectivity index (χ0) is 29.1. The van der Waals surface area contributed by atoms with Gasteiger partial charge in [-0.1, -0.05) is 24.3 Å². The number of nitrogens with zero attached hydrogens (tertiary/aromatic N) is 3. The van der Waals surface area contributed by atoms with Crippen molar-refractivity contribution >= 4 is 16.8 Å². The third kappa shape index (κ3) is 4.46. The summed E-state index contributed by atoms with van der Waals surface area (Å²) in [6.45, 7) is 2.89. The molecule has 1 fully saturated rings. The van der Waals surface area contributed by atoms with Crippen molar-refractivity contribution in [2.75, 3.05) is 13.1 Å². The number of piperidine rings is 1. The number of benzene rings is 1. The van der Waals surface area contributed by atoms with Crippen LogP contribution in [0.3, 0.4) is 0 Å². The molecule has 3 aromatic heterocycles. The average Bonchev–Trinajstić information content (AvgIpc) is 2.96. The van der Waals surface area contributed by atoms with E-state index in [2.05, 4.69) is 4.90 Å². The van der Waals surface area contributed by atoms with Gasteiger partial charge in [-0.2, -0.15) is 0 Å². The van der Waals surface area contributed by atoms with Crippen LogP contribution in [-0.4, -0.2) is 38.1 Å². The third-order valence-corrected chi connectivity index (χ3v) is 9.08. The zero-order valence-corrected chi connectivity index (χ0v) is 23.1. The van der Waals surface area contributed by atoms with Crippen LogP contribution in [0, 0.1) is 5.92 Å². The fourth-order valence-corrected chi connectivity index (χ4v) is 7.40. The molecule has 4 aromatic rings. The summed E-state index contributed by atoms with van der Waals surface area (Å²) in [7, 11) is 0. The number of carbonyl (C=O) groups excluding carboxylic acids is 1. The molecule has 1 saturated heterocycles. The zero-order valence-electron chi connectivity index (χ0n) is 23.1. The Morgan fingerprint density at radius 2 is 1.88 bits per heavy atom. The number of pyridine rings is 2. The maximum Gasteiger partial charge on any atom is 0.255 e. The van der Waals surface area contributed by atoms with Crippen molar-refractivity contribution in [1.29, 1.82) is 0 Å². The average molecular weight is 569 g/mol. The highest BCUT2D eigenvalue weighted by Crippen LogP contribution is 2.37. The Morgan fingerprint density at radius 1 is 1.05 bits per heavy atom. The van der Waals surface area contributed by atoms with Gasteiger partial charge in [0.2, 0.25) is 17.1 Å². The number of para-hydroxylation sites is 1. The molecular formula is C32H32N4O6. The Labute approximate surface area is 240 Å². The number of carbonyl (C=O) groups is 1. The van der Waals surface area contributed by atoms with Crippen molar-refractivity contribution in [3.8, 4) is 5.75 Å². The molecule has 1 aromatic carbocycles. The topological polar surface area (TPSA) is 141 Å². The van der Waals surface area contributed by atoms with Gasteiger partial charge in [0.15, 0.2) is 5.76 Å². The second kappa shape index (κ2) is 10.1. The summed E-state index contributed by atoms with van der Waals surface area (Å²) >= 11 is 0. The second-order valence-electron chi connectivity index (χ2n) is 11.9. The van der Waals surface area contributed by atoms with E-state index in [4.69, 9.17) is 10.2 Å². The Hall–Kier alpha value is -4.44. The highest BCUT2D eigenvalue weighted by Gasteiger charge is 2.35. The number of aryl methyl sites for hydroxylation is 2. The monoisotopic (exact) mass is 568 g/mol. The number of nitrogens with two attached hydrogens (primary N) is 1. The minimum atomic E-state index is -1.03. The summed E-state index contributed by atoms with van der Waals surface area (Å²) in [5.74, 6) is -1.67. The van der Waals surface area contributed by atoms with Crippen LogP contribution in [0.15, 0.2) is 67.3 Å². The third-order valence-electron chi connectivity index (χ3n) is 9.08. The van der Waals surface area contributed by atoms with Gasteiger partial charge < -0.3 is 24.4 Å². The minimum Gasteiger partial charge on any atom is -0.502 e. The first kappa shape index (κ1) is 26.5. The highest BCUT2D eigenvalue weighted by molar-refractivity contribution is 5.84. The fourth-order valence-electron chi connectivity index (χ4n) is 7.40. The molecule has 0 radical (unpaired) electrons. The van der Waals surface area contributed by atoms with Crippen molar-refractivity contribution in [2.45, 2.75) is 57.2 Å². The van der Waals surface area contributed by atoms with Crippen LogP contribution in [0.4, 0.5) is 0 Å². The number of hydrogen-bond acceptors (Lipinski definition) is 7. The van der Waals surface area contributed by atoms with Crippen LogP contribution in [0.1, 0.15) is 59.4 Å². The summed E-state index contributed by atoms with van der Waals surface area (Å²) in [5.41, 5.74) is 7.95. The molecule has 6 heterocycles. The molecule has 3 aliphatic rings. The second-order valence-corrected chi connectivity index (χ2v) is 11.9. The molecule has 3 atom stereocenters. The van der Waals surface area contributed by atoms with Gasteiger partial charge in [-0.05, 0) is 48.3 Å². The first-order valence-corrected chi connectivity index (χ1v) is 14.5. The molecule has 42 heavy (non-hydrogen) atoms. The van der Waals surface area contributed by atoms with Crippen LogP contribution in [0.25, 0.3) is 10.9 Å². The largest absolute Gasteiger partial charge is 0.502 e. The van der Waals surface area contributed by atoms with E-state index in [0.717, 1.165) is 48.0 Å². The molecule has 7 rings (SSSR count). The Kier molecular flexibility index (Phi) is 6.38. The van der Waals surface area contributed by atoms with E-state index in [0.29, 0.717) is 31.9 Å². The molecule has 10 heteroatoms. The number of aromatic hydroxyl groups is 1. The van der Waals surface area contributed by atoms with Gasteiger partial charge in [0.1, 0.15) is 5.76 Å². The van der Waals surface area contributed by atoms with Crippen LogP contribution in [0.2, 0.25) is 0 Å². The lowest BCUT2D eigenvalue weighted by Gasteiger charge is -2.42. The van der Waals surface area contributed by atoms with Crippen molar-refractivity contribution in [1.82, 2.24) is 14.0 Å². The van der Waals surface area contributed by atoms with Crippen LogP contribution < -0.4 is 22.3 Å². The summed E-state index contributed by atoms with van der Waals surface area (Å²) in [6, 6.07) is 14.2. The molecule has 0 saturated carbocycles. The summed E-state index contributed by atoms with van der Waals surface area (Å²) < 4.78 is 9.77. The first-order chi connectivity index (χ1) is 20.3. The maximum atomic E-state index is 13.8. The van der Waals surface area contributed by atoms with Gasteiger partial charge in [0, 0.05) is 61.9 Å². The van der Waals surface area contributed by atoms with E-state index in [1.807, 2.05) is 28.8 Å². The minimum absolute atomic E-state index is 0.0141. The number of primary amides is 1. The molecule has 3 aliphatic heterocycles. The van der Waals surface area contributed by atoms with Crippen LogP contribution in [-0.2, 0) is 30.8 Å². The van der Waals surface area contributed by atoms with Gasteiger partial charge in [0.25, 0.3) is 11.1 Å². The Bertz CT molecular complexity index is 1920. The van der Waals surface area contributed by atoms with Gasteiger partial charge in [-0.15, -0.1) is 0 Å². The van der Waals surface area contributed by atoms with E-state index in [9.17, 15) is 24.3 Å². The van der Waals surface area contributed by atoms with E-state index < -0.39 is 23.0 Å². The summed E-state index contributed by atoms with van der Waals surface area (Å²) in [6.07, 6.45) is 2.36. The summed E-state index contributed by atoms with van der Waals surface area (Å²) in [4.78, 5) is 53.7. The normalized spacial score (nSPS) is 20.3. The van der Waals surface area contributed by atoms with Gasteiger partial charge in [-0.3, -0.25) is 24.1 Å². The Balaban J connectivity index is 1.27. The summed E-state index contributed by atoms with van der Waals surface area (Å²) in [5, 5.41) is 11.8. The number of rotatable bonds is 6. The van der Waals surface area contributed by atoms with E-state index in [-0.39, 0.29) is 40.7 Å². The van der Waals surface area contributed by atoms with Gasteiger partial charge in [-0.25, -0.2) is 0 Å². The molecular weight excluding hydrogens is 536 g/mol. The predicted molar refractivity (Wildman–Crippen MR) is 156 cm³/mol. The lowest BCUT2D eigenvalue weighted by atomic mass is 9.83. The molecule has 0 spiro atoms. The van der Waals surface area contributed by atoms with Crippen molar-refractivity contribution in [3.63, 3.8) is 0 Å². The SMILES string of the molecule is NC(=O)CC(c1oc(CN2C[C@H]3C[C@@H](C2)c2cccc(=O)n2C3)cc(=O)c1O)c1cc2cccc3c2n(c1=O)CCC3. The van der Waals surface area contributed by atoms with Crippen LogP contribution >= 0.6 is 0 Å². The maximum absolute atomic E-state index is 13.8. The smallest absolute Gasteiger partial charge is 0.255 e. The fraction of sp³-hybridized carbons (Fsp3) is 0.375. The molecule has 3 N–H and O–H groups in total. The lowest BCUT2D eigenvalue weighted by Crippen LogP contribution is -2.46. The van der Waals surface area contributed by atoms with E-state index in [1.54, 1.807) is 22.8 Å². The number of hydrogen-bond donors (Lipinski definition) is 2. The number of fused-ring (bicyclic) bond motifs is 4. The highest BCUT2D eigenvalue weighted by atomic mass is 16.4. The molecule has 10 nitrogen and oxygen atoms in total. The van der Waals surface area contributed by atoms with Crippen LogP contribution in [0.5, 0.6) is 5.75 Å². The van der Waals surface area contributed by atoms with Gasteiger partial charge >= 0.3 is 0 Å². The molecule has 0 aliphatic carbocycles. The molecule has 1 unspecified atom stereocenters. The number of aromatic nitrogens is 2. The van der Waals surface area contributed by atoms with Crippen molar-refractivity contribution in [2.24, 2.45) is 11.7 Å². The first-order valence-electron chi connectivity index (χ1n) is 14.5. The predicted octanol–water partition coefficient (Wildman–Crippen LogP) is 2.39. The number of likely N-dealkylation sites (tertiary alicyclic amines) is 1. The van der Waals surface area contributed by atoms with Crippen molar-refractivity contribution in [3.05, 3.63) is 108 Å². The van der Waals surface area contributed by atoms with Gasteiger partial charge in [0.05, 0.1) is 18.0 Å². The number of amides is 1.